The SMILES string of the molecule is NC(=O)c1ccc(Nc2ccc(OCC3CCCO3)cc2)c([N+](=O)[O-])c1. The zero-order chi connectivity index (χ0) is 18.5. The molecule has 3 N–H and O–H groups in total. The molecule has 2 aromatic carbocycles. The van der Waals surface area contributed by atoms with E-state index < -0.39 is 10.8 Å². The van der Waals surface area contributed by atoms with Gasteiger partial charge in [-0.3, -0.25) is 14.9 Å². The lowest BCUT2D eigenvalue weighted by molar-refractivity contribution is -0.383. The molecule has 0 aliphatic carbocycles. The molecule has 0 radical (unpaired) electrons. The number of carbonyl (C=O) groups excluding carboxylic acids is 1. The minimum atomic E-state index is -0.715. The molecule has 0 bridgehead atoms. The molecule has 1 saturated heterocycles. The largest absolute Gasteiger partial charge is 0.491 e. The Labute approximate surface area is 150 Å². The minimum Gasteiger partial charge on any atom is -0.491 e. The number of amides is 1. The summed E-state index contributed by atoms with van der Waals surface area (Å²) in [6.07, 6.45) is 2.20. The Morgan fingerprint density at radius 1 is 1.31 bits per heavy atom. The van der Waals surface area contributed by atoms with Crippen LogP contribution in [0.25, 0.3) is 0 Å². The molecule has 1 unspecified atom stereocenters. The normalized spacial score (nSPS) is 16.2. The molecule has 26 heavy (non-hydrogen) atoms. The second-order valence-corrected chi connectivity index (χ2v) is 5.95. The van der Waals surface area contributed by atoms with Crippen LogP contribution in [-0.2, 0) is 4.74 Å². The maximum atomic E-state index is 11.2. The third kappa shape index (κ3) is 4.28. The summed E-state index contributed by atoms with van der Waals surface area (Å²) in [6, 6.07) is 11.1. The highest BCUT2D eigenvalue weighted by atomic mass is 16.6. The van der Waals surface area contributed by atoms with Gasteiger partial charge in [0.05, 0.1) is 11.0 Å². The maximum absolute atomic E-state index is 11.2. The molecular formula is C18H19N3O5. The molecule has 1 aliphatic rings. The predicted molar refractivity (Wildman–Crippen MR) is 95.8 cm³/mol. The Kier molecular flexibility index (Phi) is 5.33. The van der Waals surface area contributed by atoms with Gasteiger partial charge in [-0.25, -0.2) is 0 Å². The smallest absolute Gasteiger partial charge is 0.293 e. The highest BCUT2D eigenvalue weighted by Crippen LogP contribution is 2.29. The van der Waals surface area contributed by atoms with Crippen LogP contribution < -0.4 is 15.8 Å². The van der Waals surface area contributed by atoms with E-state index in [0.29, 0.717) is 18.0 Å². The number of primary amides is 1. The number of nitrogens with one attached hydrogen (secondary N) is 1. The molecule has 0 aromatic heterocycles. The van der Waals surface area contributed by atoms with Crippen LogP contribution in [0, 0.1) is 10.1 Å². The number of benzene rings is 2. The highest BCUT2D eigenvalue weighted by Gasteiger charge is 2.17. The van der Waals surface area contributed by atoms with Crippen molar-refractivity contribution in [2.24, 2.45) is 5.73 Å². The van der Waals surface area contributed by atoms with Crippen molar-refractivity contribution in [3.05, 3.63) is 58.1 Å². The zero-order valence-corrected chi connectivity index (χ0v) is 14.0. The molecule has 0 spiro atoms. The summed E-state index contributed by atoms with van der Waals surface area (Å²) in [4.78, 5) is 21.9. The van der Waals surface area contributed by atoms with Crippen LogP contribution in [0.15, 0.2) is 42.5 Å². The number of ether oxygens (including phenoxy) is 2. The molecule has 136 valence electrons. The van der Waals surface area contributed by atoms with Gasteiger partial charge in [-0.05, 0) is 49.2 Å². The average Bonchev–Trinajstić information content (AvgIpc) is 3.14. The van der Waals surface area contributed by atoms with Gasteiger partial charge in [0.2, 0.25) is 5.91 Å². The molecule has 0 saturated carbocycles. The molecule has 8 heteroatoms. The number of nitro benzene ring substituents is 1. The Hall–Kier alpha value is -3.13. The van der Waals surface area contributed by atoms with E-state index in [4.69, 9.17) is 15.2 Å². The number of nitro groups is 1. The van der Waals surface area contributed by atoms with Gasteiger partial charge >= 0.3 is 0 Å². The molecule has 8 nitrogen and oxygen atoms in total. The molecule has 3 rings (SSSR count). The number of anilines is 2. The molecule has 1 fully saturated rings. The Morgan fingerprint density at radius 2 is 2.08 bits per heavy atom. The van der Waals surface area contributed by atoms with Crippen LogP contribution in [0.5, 0.6) is 5.75 Å². The highest BCUT2D eigenvalue weighted by molar-refractivity contribution is 5.94. The number of hydrogen-bond donors (Lipinski definition) is 2. The summed E-state index contributed by atoms with van der Waals surface area (Å²) >= 11 is 0. The van der Waals surface area contributed by atoms with Gasteiger partial charge in [0, 0.05) is 23.9 Å². The van der Waals surface area contributed by atoms with Crippen molar-refractivity contribution in [3.8, 4) is 5.75 Å². The second kappa shape index (κ2) is 7.83. The van der Waals surface area contributed by atoms with Crippen LogP contribution >= 0.6 is 0 Å². The number of rotatable bonds is 7. The van der Waals surface area contributed by atoms with Crippen molar-refractivity contribution in [3.63, 3.8) is 0 Å². The van der Waals surface area contributed by atoms with Gasteiger partial charge in [-0.15, -0.1) is 0 Å². The first kappa shape index (κ1) is 17.7. The van der Waals surface area contributed by atoms with Gasteiger partial charge < -0.3 is 20.5 Å². The quantitative estimate of drug-likeness (QED) is 0.581. The Bertz CT molecular complexity index is 801. The first-order valence-electron chi connectivity index (χ1n) is 8.22. The van der Waals surface area contributed by atoms with Crippen LogP contribution in [0.2, 0.25) is 0 Å². The van der Waals surface area contributed by atoms with E-state index in [2.05, 4.69) is 5.32 Å². The van der Waals surface area contributed by atoms with E-state index >= 15 is 0 Å². The van der Waals surface area contributed by atoms with Gasteiger partial charge in [0.25, 0.3) is 5.69 Å². The summed E-state index contributed by atoms with van der Waals surface area (Å²) in [7, 11) is 0. The third-order valence-corrected chi connectivity index (χ3v) is 4.07. The molecular weight excluding hydrogens is 338 g/mol. The average molecular weight is 357 g/mol. The van der Waals surface area contributed by atoms with Crippen molar-refractivity contribution in [2.45, 2.75) is 18.9 Å². The predicted octanol–water partition coefficient (Wildman–Crippen LogP) is 3.00. The summed E-state index contributed by atoms with van der Waals surface area (Å²) in [5.74, 6) is -0.0166. The van der Waals surface area contributed by atoms with E-state index in [1.54, 1.807) is 24.3 Å². The van der Waals surface area contributed by atoms with Gasteiger partial charge in [-0.1, -0.05) is 0 Å². The van der Waals surface area contributed by atoms with Crippen molar-refractivity contribution >= 4 is 23.0 Å². The standard InChI is InChI=1S/C18H19N3O5/c19-18(22)12-3-8-16(17(10-12)21(23)24)20-13-4-6-14(7-5-13)26-11-15-2-1-9-25-15/h3-8,10,15,20H,1-2,9,11H2,(H2,19,22). The maximum Gasteiger partial charge on any atom is 0.293 e. The Balaban J connectivity index is 1.68. The first-order chi connectivity index (χ1) is 12.5. The van der Waals surface area contributed by atoms with Crippen LogP contribution in [-0.4, -0.2) is 30.1 Å². The van der Waals surface area contributed by atoms with E-state index in [1.807, 2.05) is 0 Å². The summed E-state index contributed by atoms with van der Waals surface area (Å²) in [5.41, 5.74) is 5.96. The van der Waals surface area contributed by atoms with E-state index in [9.17, 15) is 14.9 Å². The number of nitrogens with two attached hydrogens (primary N) is 1. The monoisotopic (exact) mass is 357 g/mol. The van der Waals surface area contributed by atoms with E-state index in [1.165, 1.54) is 12.1 Å². The molecule has 1 atom stereocenters. The topological polar surface area (TPSA) is 117 Å². The van der Waals surface area contributed by atoms with E-state index in [-0.39, 0.29) is 23.0 Å². The third-order valence-electron chi connectivity index (χ3n) is 4.07. The number of hydrogen-bond acceptors (Lipinski definition) is 6. The molecule has 1 heterocycles. The van der Waals surface area contributed by atoms with Crippen molar-refractivity contribution in [1.82, 2.24) is 0 Å². The minimum absolute atomic E-state index is 0.0835. The van der Waals surface area contributed by atoms with Crippen molar-refractivity contribution in [1.29, 1.82) is 0 Å². The zero-order valence-electron chi connectivity index (χ0n) is 14.0. The lowest BCUT2D eigenvalue weighted by atomic mass is 10.1. The summed E-state index contributed by atoms with van der Waals surface area (Å²) < 4.78 is 11.2. The fourth-order valence-electron chi connectivity index (χ4n) is 2.70. The number of carbonyl (C=O) groups is 1. The summed E-state index contributed by atoms with van der Waals surface area (Å²) in [5, 5.41) is 14.2. The van der Waals surface area contributed by atoms with Crippen LogP contribution in [0.4, 0.5) is 17.1 Å². The molecule has 1 amide bonds. The summed E-state index contributed by atoms with van der Waals surface area (Å²) in [6.45, 7) is 1.29. The lowest BCUT2D eigenvalue weighted by Gasteiger charge is -2.12. The lowest BCUT2D eigenvalue weighted by Crippen LogP contribution is -2.16. The molecule has 1 aliphatic heterocycles. The Morgan fingerprint density at radius 3 is 2.69 bits per heavy atom. The van der Waals surface area contributed by atoms with Gasteiger partial charge in [-0.2, -0.15) is 0 Å². The fourth-order valence-corrected chi connectivity index (χ4v) is 2.70. The molecule has 2 aromatic rings. The van der Waals surface area contributed by atoms with Gasteiger partial charge in [0.15, 0.2) is 0 Å². The van der Waals surface area contributed by atoms with Crippen LogP contribution in [0.3, 0.4) is 0 Å². The van der Waals surface area contributed by atoms with E-state index in [0.717, 1.165) is 25.5 Å². The fraction of sp³-hybridized carbons (Fsp3) is 0.278. The van der Waals surface area contributed by atoms with Gasteiger partial charge in [0.1, 0.15) is 18.0 Å². The van der Waals surface area contributed by atoms with Crippen LogP contribution in [0.1, 0.15) is 23.2 Å². The van der Waals surface area contributed by atoms with Crippen molar-refractivity contribution in [2.75, 3.05) is 18.5 Å². The first-order valence-corrected chi connectivity index (χ1v) is 8.22. The van der Waals surface area contributed by atoms with Crippen molar-refractivity contribution < 1.29 is 19.2 Å². The number of nitrogens with zero attached hydrogens (tertiary/aromatic N) is 1. The second-order valence-electron chi connectivity index (χ2n) is 5.95.